The first-order valence-electron chi connectivity index (χ1n) is 13.4. The third-order valence-corrected chi connectivity index (χ3v) is 9.53. The lowest BCUT2D eigenvalue weighted by Crippen LogP contribution is -2.29. The van der Waals surface area contributed by atoms with Crippen molar-refractivity contribution in [2.45, 2.75) is 44.4 Å². The molecule has 40 heavy (non-hydrogen) atoms. The van der Waals surface area contributed by atoms with Crippen LogP contribution in [0.25, 0.3) is 33.4 Å². The number of nitrogens with one attached hydrogen (secondary N) is 1. The van der Waals surface area contributed by atoms with E-state index in [1.54, 1.807) is 6.92 Å². The number of fused-ring (bicyclic) bond motifs is 2. The van der Waals surface area contributed by atoms with Crippen molar-refractivity contribution >= 4 is 36.8 Å². The fourth-order valence-corrected chi connectivity index (χ4v) is 6.96. The van der Waals surface area contributed by atoms with Crippen LogP contribution in [0.4, 0.5) is 5.69 Å². The van der Waals surface area contributed by atoms with Gasteiger partial charge in [-0.3, -0.25) is 4.55 Å². The van der Waals surface area contributed by atoms with Gasteiger partial charge in [0, 0.05) is 59.5 Å². The van der Waals surface area contributed by atoms with Crippen LogP contribution in [0.5, 0.6) is 0 Å². The van der Waals surface area contributed by atoms with Gasteiger partial charge in [0.2, 0.25) is 15.4 Å². The molecule has 0 radical (unpaired) electrons. The van der Waals surface area contributed by atoms with Gasteiger partial charge in [-0.15, -0.1) is 0 Å². The summed E-state index contributed by atoms with van der Waals surface area (Å²) in [7, 11) is -8.79. The van der Waals surface area contributed by atoms with Crippen LogP contribution in [0, 0.1) is 0 Å². The van der Waals surface area contributed by atoms with E-state index in [1.807, 2.05) is 36.4 Å². The normalized spacial score (nSPS) is 12.2. The van der Waals surface area contributed by atoms with E-state index in [1.165, 1.54) is 12.1 Å². The lowest BCUT2D eigenvalue weighted by atomic mass is 9.93. The highest BCUT2D eigenvalue weighted by Gasteiger charge is 2.27. The first-order valence-corrected chi connectivity index (χ1v) is 16.4. The summed E-state index contributed by atoms with van der Waals surface area (Å²) in [5.41, 5.74) is 2.82. The molecule has 2 aromatic carbocycles. The third kappa shape index (κ3) is 5.64. The van der Waals surface area contributed by atoms with Crippen LogP contribution in [0.3, 0.4) is 0 Å². The van der Waals surface area contributed by atoms with Gasteiger partial charge in [-0.2, -0.15) is 8.42 Å². The van der Waals surface area contributed by atoms with Crippen molar-refractivity contribution in [3.63, 3.8) is 0 Å². The Labute approximate surface area is 235 Å². The lowest BCUT2D eigenvalue weighted by molar-refractivity contribution is 0.483. The topological polar surface area (TPSA) is 120 Å². The van der Waals surface area contributed by atoms with Crippen molar-refractivity contribution in [3.8, 4) is 22.5 Å². The quantitative estimate of drug-likeness (QED) is 0.161. The van der Waals surface area contributed by atoms with Gasteiger partial charge in [0.05, 0.1) is 11.0 Å². The molecule has 214 valence electrons. The summed E-state index contributed by atoms with van der Waals surface area (Å²) in [5.74, 6) is 0.536. The maximum atomic E-state index is 12.7. The highest BCUT2D eigenvalue weighted by Crippen LogP contribution is 2.43. The maximum absolute atomic E-state index is 12.7. The fourth-order valence-electron chi connectivity index (χ4n) is 5.09. The van der Waals surface area contributed by atoms with Crippen molar-refractivity contribution < 1.29 is 25.8 Å². The zero-order valence-electron chi connectivity index (χ0n) is 23.4. The van der Waals surface area contributed by atoms with Crippen molar-refractivity contribution in [1.82, 2.24) is 9.30 Å². The fraction of sp³-hybridized carbons (Fsp3) is 0.345. The van der Waals surface area contributed by atoms with E-state index in [9.17, 15) is 21.4 Å². The summed E-state index contributed by atoms with van der Waals surface area (Å²) in [4.78, 5) is 1.42. The summed E-state index contributed by atoms with van der Waals surface area (Å²) in [6.45, 7) is 13.2. The third-order valence-electron chi connectivity index (χ3n) is 7.09. The van der Waals surface area contributed by atoms with Gasteiger partial charge in [-0.25, -0.2) is 17.7 Å². The molecule has 0 fully saturated rings. The highest BCUT2D eigenvalue weighted by molar-refractivity contribution is 7.89. The second-order valence-electron chi connectivity index (χ2n) is 9.32. The standard InChI is InChI=1S/C29H35N3O6S2/c1-6-30-39(33,34)22-13-16-25(28(19-22)40(35,36)37)29-23-14-11-20(31(7-2)8-3)17-26(23)38-27-18-21(12-15-24(27)29)32(9-4)10-5/h11-19,30H,6-10H2,1-5H3/p+1. The predicted molar refractivity (Wildman–Crippen MR) is 159 cm³/mol. The molecule has 0 unspecified atom stereocenters. The van der Waals surface area contributed by atoms with E-state index < -0.39 is 25.0 Å². The summed E-state index contributed by atoms with van der Waals surface area (Å²) in [6, 6.07) is 15.3. The molecule has 2 aromatic rings. The molecule has 1 heterocycles. The second-order valence-corrected chi connectivity index (χ2v) is 12.5. The molecule has 11 heteroatoms. The molecule has 1 aliphatic heterocycles. The monoisotopic (exact) mass is 586 g/mol. The van der Waals surface area contributed by atoms with Gasteiger partial charge in [0.15, 0.2) is 0 Å². The van der Waals surface area contributed by atoms with E-state index in [-0.39, 0.29) is 17.0 Å². The summed E-state index contributed by atoms with van der Waals surface area (Å²) >= 11 is 0. The van der Waals surface area contributed by atoms with Crippen LogP contribution in [0.1, 0.15) is 34.6 Å². The Kier molecular flexibility index (Phi) is 8.69. The average Bonchev–Trinajstić information content (AvgIpc) is 2.92. The Morgan fingerprint density at radius 3 is 2.12 bits per heavy atom. The molecule has 1 aliphatic carbocycles. The van der Waals surface area contributed by atoms with Crippen molar-refractivity contribution in [3.05, 3.63) is 60.0 Å². The van der Waals surface area contributed by atoms with Gasteiger partial charge in [-0.05, 0) is 58.0 Å². The number of benzene rings is 3. The minimum absolute atomic E-state index is 0.129. The van der Waals surface area contributed by atoms with Crippen molar-refractivity contribution in [2.24, 2.45) is 0 Å². The number of nitrogens with zero attached hydrogens (tertiary/aromatic N) is 2. The molecule has 4 rings (SSSR count). The van der Waals surface area contributed by atoms with E-state index in [4.69, 9.17) is 4.42 Å². The summed E-state index contributed by atoms with van der Waals surface area (Å²) < 4.78 is 72.0. The van der Waals surface area contributed by atoms with Gasteiger partial charge in [0.1, 0.15) is 29.3 Å². The zero-order chi connectivity index (χ0) is 29.2. The molecule has 0 bridgehead atoms. The number of sulfonamides is 1. The maximum Gasteiger partial charge on any atom is 0.295 e. The molecule has 0 aromatic heterocycles. The molecule has 0 amide bonds. The first kappa shape index (κ1) is 29.7. The Balaban J connectivity index is 2.16. The van der Waals surface area contributed by atoms with Gasteiger partial charge < -0.3 is 9.32 Å². The molecular weight excluding hydrogens is 550 g/mol. The summed E-state index contributed by atoms with van der Waals surface area (Å²) in [6.07, 6.45) is 0. The molecule has 2 aliphatic rings. The van der Waals surface area contributed by atoms with Crippen LogP contribution in [0.15, 0.2) is 68.8 Å². The van der Waals surface area contributed by atoms with Crippen LogP contribution in [-0.2, 0) is 20.1 Å². The van der Waals surface area contributed by atoms with E-state index in [2.05, 4.69) is 41.9 Å². The highest BCUT2D eigenvalue weighted by atomic mass is 32.2. The molecule has 0 saturated heterocycles. The van der Waals surface area contributed by atoms with Gasteiger partial charge in [-0.1, -0.05) is 13.0 Å². The van der Waals surface area contributed by atoms with Gasteiger partial charge >= 0.3 is 0 Å². The zero-order valence-corrected chi connectivity index (χ0v) is 25.1. The van der Waals surface area contributed by atoms with E-state index >= 15 is 0 Å². The van der Waals surface area contributed by atoms with Crippen LogP contribution >= 0.6 is 0 Å². The first-order chi connectivity index (χ1) is 19.0. The molecule has 0 atom stereocenters. The smallest absolute Gasteiger partial charge is 0.295 e. The van der Waals surface area contributed by atoms with Crippen molar-refractivity contribution in [2.75, 3.05) is 37.6 Å². The number of hydrogen-bond acceptors (Lipinski definition) is 6. The number of hydrogen-bond donors (Lipinski definition) is 2. The van der Waals surface area contributed by atoms with Crippen molar-refractivity contribution in [1.29, 1.82) is 0 Å². The molecular formula is C29H36N3O6S2+. The minimum atomic E-state index is -4.81. The largest absolute Gasteiger partial charge is 0.456 e. The van der Waals surface area contributed by atoms with E-state index in [0.717, 1.165) is 43.3 Å². The van der Waals surface area contributed by atoms with Gasteiger partial charge in [0.25, 0.3) is 10.1 Å². The lowest BCUT2D eigenvalue weighted by Gasteiger charge is -2.22. The molecule has 2 N–H and O–H groups in total. The Bertz CT molecular complexity index is 1800. The molecule has 0 saturated carbocycles. The average molecular weight is 587 g/mol. The SMILES string of the molecule is CCNS(=O)(=O)c1ccc(-c2c3ccc(=[N+](CC)CC)cc-3oc3cc(N(CC)CC)ccc23)c(S(=O)(=O)O)c1. The number of anilines is 1. The molecule has 0 spiro atoms. The minimum Gasteiger partial charge on any atom is -0.456 e. The Morgan fingerprint density at radius 2 is 1.52 bits per heavy atom. The predicted octanol–water partition coefficient (Wildman–Crippen LogP) is 4.41. The second kappa shape index (κ2) is 11.7. The van der Waals surface area contributed by atoms with Crippen LogP contribution in [0.2, 0.25) is 0 Å². The van der Waals surface area contributed by atoms with E-state index in [0.29, 0.717) is 27.9 Å². The Morgan fingerprint density at radius 1 is 0.850 bits per heavy atom. The number of rotatable bonds is 10. The Hall–Kier alpha value is -3.25. The summed E-state index contributed by atoms with van der Waals surface area (Å²) in [5, 5.41) is 1.58. The van der Waals surface area contributed by atoms with Crippen LogP contribution in [-0.4, -0.2) is 54.1 Å². The van der Waals surface area contributed by atoms with Crippen LogP contribution < -0.4 is 19.6 Å². The molecule has 9 nitrogen and oxygen atoms in total.